The number of carbonyl (C=O) groups excluding carboxylic acids is 1. The number of hydrogen-bond acceptors (Lipinski definition) is 5. The van der Waals surface area contributed by atoms with Crippen molar-refractivity contribution >= 4 is 22.9 Å². The fourth-order valence-electron chi connectivity index (χ4n) is 4.18. The molecular weight excluding hydrogens is 421 g/mol. The van der Waals surface area contributed by atoms with E-state index < -0.39 is 0 Å². The van der Waals surface area contributed by atoms with Gasteiger partial charge in [-0.05, 0) is 48.9 Å². The molecule has 1 fully saturated rings. The lowest BCUT2D eigenvalue weighted by Gasteiger charge is -2.22. The molecule has 3 aromatic heterocycles. The molecule has 168 valence electrons. The number of pyridine rings is 2. The number of urea groups is 1. The van der Waals surface area contributed by atoms with Crippen molar-refractivity contribution in [3.8, 4) is 17.1 Å². The van der Waals surface area contributed by atoms with Gasteiger partial charge >= 0.3 is 6.03 Å². The van der Waals surface area contributed by atoms with Crippen LogP contribution in [0.15, 0.2) is 61.1 Å². The Bertz CT molecular complexity index is 1270. The van der Waals surface area contributed by atoms with Crippen LogP contribution in [0.1, 0.15) is 6.42 Å². The largest absolute Gasteiger partial charge is 0.355 e. The molecule has 9 heteroatoms. The summed E-state index contributed by atoms with van der Waals surface area (Å²) in [4.78, 5) is 29.7. The quantitative estimate of drug-likeness (QED) is 0.522. The Morgan fingerprint density at radius 2 is 1.85 bits per heavy atom. The van der Waals surface area contributed by atoms with Gasteiger partial charge in [-0.15, -0.1) is 0 Å². The molecule has 0 radical (unpaired) electrons. The molecule has 0 bridgehead atoms. The maximum Gasteiger partial charge on any atom is 0.317 e. The van der Waals surface area contributed by atoms with Gasteiger partial charge in [0.2, 0.25) is 0 Å². The Morgan fingerprint density at radius 1 is 1.00 bits per heavy atom. The third kappa shape index (κ3) is 4.09. The van der Waals surface area contributed by atoms with Crippen molar-refractivity contribution in [2.24, 2.45) is 0 Å². The average Bonchev–Trinajstić information content (AvgIpc) is 3.06. The predicted octanol–water partition coefficient (Wildman–Crippen LogP) is 3.47. The van der Waals surface area contributed by atoms with Crippen LogP contribution in [0.2, 0.25) is 0 Å². The topological polar surface area (TPSA) is 79.2 Å². The van der Waals surface area contributed by atoms with E-state index >= 15 is 0 Å². The first-order valence-corrected chi connectivity index (χ1v) is 10.9. The van der Waals surface area contributed by atoms with Gasteiger partial charge < -0.3 is 15.1 Å². The van der Waals surface area contributed by atoms with Crippen LogP contribution in [0.25, 0.3) is 28.1 Å². The molecule has 5 rings (SSSR count). The Morgan fingerprint density at radius 3 is 2.61 bits per heavy atom. The molecule has 0 atom stereocenters. The number of fused-ring (bicyclic) bond motifs is 1. The summed E-state index contributed by atoms with van der Waals surface area (Å²) in [6.45, 7) is 2.93. The zero-order chi connectivity index (χ0) is 22.8. The van der Waals surface area contributed by atoms with Crippen LogP contribution >= 0.6 is 0 Å². The van der Waals surface area contributed by atoms with E-state index in [9.17, 15) is 9.18 Å². The predicted molar refractivity (Wildman–Crippen MR) is 125 cm³/mol. The zero-order valence-corrected chi connectivity index (χ0v) is 18.3. The fraction of sp³-hybridized carbons (Fsp3) is 0.250. The minimum Gasteiger partial charge on any atom is -0.355 e. The highest BCUT2D eigenvalue weighted by atomic mass is 19.1. The number of amides is 2. The standard InChI is InChI=1S/C24H24FN7O/c1-26-24(33)31-12-2-11-30(13-14-31)22-8-3-17(15-28-22)23-29-20-9-10-27-16-21(20)32(23)19-6-4-18(25)5-7-19/h3-10,15-16H,2,11-14H2,1H3,(H,26,33). The molecule has 1 aliphatic rings. The maximum atomic E-state index is 13.5. The lowest BCUT2D eigenvalue weighted by molar-refractivity contribution is 0.204. The van der Waals surface area contributed by atoms with Crippen molar-refractivity contribution in [2.75, 3.05) is 38.1 Å². The number of hydrogen-bond donors (Lipinski definition) is 1. The summed E-state index contributed by atoms with van der Waals surface area (Å²) in [6.07, 6.45) is 6.15. The summed E-state index contributed by atoms with van der Waals surface area (Å²) in [5.41, 5.74) is 3.29. The molecule has 1 aromatic carbocycles. The van der Waals surface area contributed by atoms with Gasteiger partial charge in [0.05, 0.1) is 17.2 Å². The molecule has 1 saturated heterocycles. The second-order valence-electron chi connectivity index (χ2n) is 7.90. The lowest BCUT2D eigenvalue weighted by Crippen LogP contribution is -2.40. The van der Waals surface area contributed by atoms with E-state index in [-0.39, 0.29) is 11.8 Å². The van der Waals surface area contributed by atoms with Crippen LogP contribution in [-0.2, 0) is 0 Å². The summed E-state index contributed by atoms with van der Waals surface area (Å²) in [5, 5.41) is 2.69. The molecule has 8 nitrogen and oxygen atoms in total. The molecule has 2 amide bonds. The molecule has 0 saturated carbocycles. The van der Waals surface area contributed by atoms with Crippen LogP contribution < -0.4 is 10.2 Å². The number of carbonyl (C=O) groups is 1. The molecule has 4 aromatic rings. The molecule has 1 N–H and O–H groups in total. The molecule has 0 aliphatic carbocycles. The average molecular weight is 446 g/mol. The number of halogens is 1. The van der Waals surface area contributed by atoms with Gasteiger partial charge in [-0.2, -0.15) is 0 Å². The first kappa shape index (κ1) is 20.9. The van der Waals surface area contributed by atoms with Gasteiger partial charge in [0.15, 0.2) is 0 Å². The van der Waals surface area contributed by atoms with Crippen molar-refractivity contribution < 1.29 is 9.18 Å². The first-order valence-electron chi connectivity index (χ1n) is 10.9. The third-order valence-electron chi connectivity index (χ3n) is 5.87. The second-order valence-corrected chi connectivity index (χ2v) is 7.90. The van der Waals surface area contributed by atoms with Crippen molar-refractivity contribution in [1.29, 1.82) is 0 Å². The number of nitrogens with one attached hydrogen (secondary N) is 1. The molecule has 0 unspecified atom stereocenters. The van der Waals surface area contributed by atoms with Crippen LogP contribution in [-0.4, -0.2) is 63.7 Å². The SMILES string of the molecule is CNC(=O)N1CCCN(c2ccc(-c3nc4ccncc4n3-c3ccc(F)cc3)cn2)CC1. The second kappa shape index (κ2) is 8.85. The number of rotatable bonds is 3. The Hall–Kier alpha value is -4.01. The van der Waals surface area contributed by atoms with E-state index in [1.165, 1.54) is 12.1 Å². The number of anilines is 1. The van der Waals surface area contributed by atoms with E-state index in [1.54, 1.807) is 31.6 Å². The summed E-state index contributed by atoms with van der Waals surface area (Å²) >= 11 is 0. The molecule has 1 aliphatic heterocycles. The van der Waals surface area contributed by atoms with E-state index in [1.807, 2.05) is 33.9 Å². The summed E-state index contributed by atoms with van der Waals surface area (Å²) in [6, 6.07) is 12.1. The van der Waals surface area contributed by atoms with Crippen molar-refractivity contribution in [3.63, 3.8) is 0 Å². The minimum atomic E-state index is -0.290. The van der Waals surface area contributed by atoms with Crippen LogP contribution in [0.4, 0.5) is 15.0 Å². The van der Waals surface area contributed by atoms with Gasteiger partial charge in [-0.3, -0.25) is 9.55 Å². The molecule has 4 heterocycles. The van der Waals surface area contributed by atoms with Crippen molar-refractivity contribution in [1.82, 2.24) is 29.7 Å². The smallest absolute Gasteiger partial charge is 0.317 e. The van der Waals surface area contributed by atoms with Crippen molar-refractivity contribution in [2.45, 2.75) is 6.42 Å². The van der Waals surface area contributed by atoms with Gasteiger partial charge in [0, 0.05) is 56.9 Å². The van der Waals surface area contributed by atoms with E-state index in [4.69, 9.17) is 9.97 Å². The zero-order valence-electron chi connectivity index (χ0n) is 18.3. The Labute approximate surface area is 190 Å². The number of aromatic nitrogens is 4. The summed E-state index contributed by atoms with van der Waals surface area (Å²) < 4.78 is 15.5. The van der Waals surface area contributed by atoms with E-state index in [0.29, 0.717) is 12.4 Å². The van der Waals surface area contributed by atoms with Gasteiger partial charge in [0.25, 0.3) is 0 Å². The van der Waals surface area contributed by atoms with Gasteiger partial charge in [-0.25, -0.2) is 19.2 Å². The van der Waals surface area contributed by atoms with Gasteiger partial charge in [-0.1, -0.05) is 0 Å². The summed E-state index contributed by atoms with van der Waals surface area (Å²) in [7, 11) is 1.65. The highest BCUT2D eigenvalue weighted by molar-refractivity contribution is 5.82. The van der Waals surface area contributed by atoms with Crippen LogP contribution in [0.3, 0.4) is 0 Å². The number of imidazole rings is 1. The number of nitrogens with zero attached hydrogens (tertiary/aromatic N) is 6. The Kier molecular flexibility index (Phi) is 5.60. The monoisotopic (exact) mass is 445 g/mol. The fourth-order valence-corrected chi connectivity index (χ4v) is 4.18. The van der Waals surface area contributed by atoms with Gasteiger partial charge in [0.1, 0.15) is 17.5 Å². The normalized spacial score (nSPS) is 14.4. The van der Waals surface area contributed by atoms with E-state index in [2.05, 4.69) is 15.2 Å². The van der Waals surface area contributed by atoms with Crippen LogP contribution in [0.5, 0.6) is 0 Å². The van der Waals surface area contributed by atoms with Crippen LogP contribution in [0, 0.1) is 5.82 Å². The number of benzene rings is 1. The van der Waals surface area contributed by atoms with Crippen molar-refractivity contribution in [3.05, 3.63) is 66.9 Å². The molecular formula is C24H24FN7O. The molecule has 33 heavy (non-hydrogen) atoms. The lowest BCUT2D eigenvalue weighted by atomic mass is 10.2. The highest BCUT2D eigenvalue weighted by Crippen LogP contribution is 2.29. The summed E-state index contributed by atoms with van der Waals surface area (Å²) in [5.74, 6) is 1.29. The maximum absolute atomic E-state index is 13.5. The third-order valence-corrected chi connectivity index (χ3v) is 5.87. The van der Waals surface area contributed by atoms with E-state index in [0.717, 1.165) is 54.2 Å². The Balaban J connectivity index is 1.46. The highest BCUT2D eigenvalue weighted by Gasteiger charge is 2.20. The minimum absolute atomic E-state index is 0.0469. The molecule has 0 spiro atoms. The first-order chi connectivity index (χ1) is 16.1.